The van der Waals surface area contributed by atoms with Crippen LogP contribution in [-0.4, -0.2) is 25.1 Å². The van der Waals surface area contributed by atoms with Crippen molar-refractivity contribution in [3.8, 4) is 50.3 Å². The standard InChI is InChI=1S/C37H28ClNO2/c1-39(2)37(40)41-31-24-29(38)23-30-32(25-15-7-3-8-16-25)33(26-17-9-4-10-18-26)34(27-19-11-5-12-20-27)35(36(30)31)28-21-13-6-14-22-28/h3-24H,1-2H3. The summed E-state index contributed by atoms with van der Waals surface area (Å²) in [5, 5.41) is 2.22. The number of halogens is 1. The second kappa shape index (κ2) is 11.3. The average molecular weight is 554 g/mol. The maximum Gasteiger partial charge on any atom is 0.414 e. The topological polar surface area (TPSA) is 29.5 Å². The number of rotatable bonds is 5. The second-order valence-electron chi connectivity index (χ2n) is 10.1. The number of hydrogen-bond donors (Lipinski definition) is 0. The zero-order valence-electron chi connectivity index (χ0n) is 22.8. The van der Waals surface area contributed by atoms with Crippen molar-refractivity contribution in [1.82, 2.24) is 4.90 Å². The van der Waals surface area contributed by atoms with Crippen LogP contribution in [-0.2, 0) is 0 Å². The molecule has 4 heteroatoms. The van der Waals surface area contributed by atoms with Crippen molar-refractivity contribution in [1.29, 1.82) is 0 Å². The molecule has 0 saturated heterocycles. The van der Waals surface area contributed by atoms with E-state index in [4.69, 9.17) is 16.3 Å². The van der Waals surface area contributed by atoms with Gasteiger partial charge in [-0.1, -0.05) is 133 Å². The van der Waals surface area contributed by atoms with Gasteiger partial charge in [0, 0.05) is 36.1 Å². The highest BCUT2D eigenvalue weighted by molar-refractivity contribution is 6.33. The van der Waals surface area contributed by atoms with Crippen LogP contribution in [0.2, 0.25) is 5.02 Å². The Bertz CT molecular complexity index is 1840. The average Bonchev–Trinajstić information content (AvgIpc) is 3.01. The predicted molar refractivity (Wildman–Crippen MR) is 170 cm³/mol. The molecule has 6 aromatic rings. The summed E-state index contributed by atoms with van der Waals surface area (Å²) in [6, 6.07) is 45.2. The number of fused-ring (bicyclic) bond motifs is 1. The minimum absolute atomic E-state index is 0.416. The predicted octanol–water partition coefficient (Wildman–Crippen LogP) is 10.2. The quantitative estimate of drug-likeness (QED) is 0.212. The highest BCUT2D eigenvalue weighted by Gasteiger charge is 2.27. The lowest BCUT2D eigenvalue weighted by atomic mass is 9.78. The molecule has 0 radical (unpaired) electrons. The third-order valence-electron chi connectivity index (χ3n) is 7.15. The molecule has 6 aromatic carbocycles. The molecule has 0 aliphatic carbocycles. The molecule has 0 unspecified atom stereocenters. The summed E-state index contributed by atoms with van der Waals surface area (Å²) in [5.41, 5.74) is 8.33. The molecule has 0 aliphatic heterocycles. The fraction of sp³-hybridized carbons (Fsp3) is 0.0541. The minimum atomic E-state index is -0.470. The van der Waals surface area contributed by atoms with E-state index in [1.54, 1.807) is 20.2 Å². The Labute approximate surface area is 245 Å². The van der Waals surface area contributed by atoms with Crippen LogP contribution in [0.25, 0.3) is 55.3 Å². The number of ether oxygens (including phenoxy) is 1. The molecule has 41 heavy (non-hydrogen) atoms. The Morgan fingerprint density at radius 2 is 0.951 bits per heavy atom. The first-order valence-corrected chi connectivity index (χ1v) is 13.8. The van der Waals surface area contributed by atoms with Gasteiger partial charge in [-0.25, -0.2) is 4.79 Å². The zero-order chi connectivity index (χ0) is 28.3. The van der Waals surface area contributed by atoms with Crippen LogP contribution in [0.4, 0.5) is 4.79 Å². The van der Waals surface area contributed by atoms with Crippen molar-refractivity contribution in [2.75, 3.05) is 14.1 Å². The molecule has 0 heterocycles. The normalized spacial score (nSPS) is 10.9. The second-order valence-corrected chi connectivity index (χ2v) is 10.5. The van der Waals surface area contributed by atoms with Gasteiger partial charge in [-0.05, 0) is 50.4 Å². The van der Waals surface area contributed by atoms with E-state index < -0.39 is 6.09 Å². The van der Waals surface area contributed by atoms with E-state index in [0.717, 1.165) is 55.3 Å². The van der Waals surface area contributed by atoms with Gasteiger partial charge >= 0.3 is 6.09 Å². The molecule has 200 valence electrons. The smallest absolute Gasteiger partial charge is 0.409 e. The molecule has 0 bridgehead atoms. The lowest BCUT2D eigenvalue weighted by molar-refractivity contribution is 0.172. The van der Waals surface area contributed by atoms with Crippen LogP contribution in [0.5, 0.6) is 5.75 Å². The van der Waals surface area contributed by atoms with Crippen LogP contribution >= 0.6 is 11.6 Å². The van der Waals surface area contributed by atoms with Gasteiger partial charge in [0.15, 0.2) is 0 Å². The third-order valence-corrected chi connectivity index (χ3v) is 7.37. The summed E-state index contributed by atoms with van der Waals surface area (Å²) >= 11 is 6.79. The molecule has 0 aromatic heterocycles. The monoisotopic (exact) mass is 553 g/mol. The Kier molecular flexibility index (Phi) is 7.28. The molecule has 0 saturated carbocycles. The van der Waals surface area contributed by atoms with Crippen molar-refractivity contribution < 1.29 is 9.53 Å². The molecular weight excluding hydrogens is 526 g/mol. The summed E-state index contributed by atoms with van der Waals surface area (Å²) in [6.45, 7) is 0. The van der Waals surface area contributed by atoms with E-state index in [1.807, 2.05) is 54.6 Å². The highest BCUT2D eigenvalue weighted by atomic mass is 35.5. The molecule has 0 aliphatic rings. The number of carbonyl (C=O) groups is 1. The first-order valence-electron chi connectivity index (χ1n) is 13.5. The lowest BCUT2D eigenvalue weighted by Crippen LogP contribution is -2.25. The fourth-order valence-corrected chi connectivity index (χ4v) is 5.61. The Hall–Kier alpha value is -4.86. The van der Waals surface area contributed by atoms with Gasteiger partial charge in [0.25, 0.3) is 0 Å². The molecule has 0 atom stereocenters. The van der Waals surface area contributed by atoms with E-state index in [0.29, 0.717) is 10.8 Å². The van der Waals surface area contributed by atoms with Gasteiger partial charge in [0.1, 0.15) is 5.75 Å². The molecule has 6 rings (SSSR count). The Morgan fingerprint density at radius 1 is 0.561 bits per heavy atom. The number of nitrogens with zero attached hydrogens (tertiary/aromatic N) is 1. The van der Waals surface area contributed by atoms with Gasteiger partial charge in [-0.15, -0.1) is 0 Å². The van der Waals surface area contributed by atoms with Crippen molar-refractivity contribution in [3.63, 3.8) is 0 Å². The van der Waals surface area contributed by atoms with Crippen LogP contribution in [0, 0.1) is 0 Å². The van der Waals surface area contributed by atoms with Crippen molar-refractivity contribution in [2.24, 2.45) is 0 Å². The summed E-state index contributed by atoms with van der Waals surface area (Å²) < 4.78 is 6.06. The summed E-state index contributed by atoms with van der Waals surface area (Å²) in [5.74, 6) is 0.416. The van der Waals surface area contributed by atoms with Crippen LogP contribution in [0.1, 0.15) is 0 Å². The molecule has 0 fully saturated rings. The van der Waals surface area contributed by atoms with E-state index in [2.05, 4.69) is 72.8 Å². The van der Waals surface area contributed by atoms with Gasteiger partial charge in [0.05, 0.1) is 0 Å². The highest BCUT2D eigenvalue weighted by Crippen LogP contribution is 2.53. The molecule has 0 spiro atoms. The third kappa shape index (κ3) is 5.08. The van der Waals surface area contributed by atoms with E-state index in [1.165, 1.54) is 4.90 Å². The lowest BCUT2D eigenvalue weighted by Gasteiger charge is -2.25. The first kappa shape index (κ1) is 26.4. The summed E-state index contributed by atoms with van der Waals surface area (Å²) in [7, 11) is 3.34. The van der Waals surface area contributed by atoms with Crippen LogP contribution < -0.4 is 4.74 Å². The Balaban J connectivity index is 1.92. The Morgan fingerprint density at radius 3 is 1.39 bits per heavy atom. The van der Waals surface area contributed by atoms with Gasteiger partial charge in [-0.3, -0.25) is 0 Å². The summed E-state index contributed by atoms with van der Waals surface area (Å²) in [4.78, 5) is 14.4. The summed E-state index contributed by atoms with van der Waals surface area (Å²) in [6.07, 6.45) is -0.470. The van der Waals surface area contributed by atoms with Gasteiger partial charge in [-0.2, -0.15) is 0 Å². The van der Waals surface area contributed by atoms with Crippen LogP contribution in [0.3, 0.4) is 0 Å². The van der Waals surface area contributed by atoms with Crippen molar-refractivity contribution in [2.45, 2.75) is 0 Å². The van der Waals surface area contributed by atoms with E-state index >= 15 is 0 Å². The minimum Gasteiger partial charge on any atom is -0.409 e. The maximum absolute atomic E-state index is 13.0. The molecular formula is C37H28ClNO2. The maximum atomic E-state index is 13.0. The van der Waals surface area contributed by atoms with Crippen molar-refractivity contribution in [3.05, 3.63) is 138 Å². The largest absolute Gasteiger partial charge is 0.414 e. The molecule has 1 amide bonds. The fourth-order valence-electron chi connectivity index (χ4n) is 5.40. The van der Waals surface area contributed by atoms with Gasteiger partial charge < -0.3 is 9.64 Å². The van der Waals surface area contributed by atoms with Gasteiger partial charge in [0.2, 0.25) is 0 Å². The molecule has 3 nitrogen and oxygen atoms in total. The van der Waals surface area contributed by atoms with E-state index in [-0.39, 0.29) is 0 Å². The number of hydrogen-bond acceptors (Lipinski definition) is 2. The number of amides is 1. The van der Waals surface area contributed by atoms with E-state index in [9.17, 15) is 4.79 Å². The SMILES string of the molecule is CN(C)C(=O)Oc1cc(Cl)cc2c(-c3ccccc3)c(-c3ccccc3)c(-c3ccccc3)c(-c3ccccc3)c12. The zero-order valence-corrected chi connectivity index (χ0v) is 23.6. The number of benzene rings is 6. The van der Waals surface area contributed by atoms with Crippen molar-refractivity contribution >= 4 is 28.5 Å². The van der Waals surface area contributed by atoms with Crippen LogP contribution in [0.15, 0.2) is 133 Å². The first-order chi connectivity index (χ1) is 20.0. The number of carbonyl (C=O) groups excluding carboxylic acids is 1. The molecule has 0 N–H and O–H groups in total.